The lowest BCUT2D eigenvalue weighted by Gasteiger charge is -2.30. The van der Waals surface area contributed by atoms with Crippen molar-refractivity contribution in [3.8, 4) is 0 Å². The fourth-order valence-corrected chi connectivity index (χ4v) is 5.82. The summed E-state index contributed by atoms with van der Waals surface area (Å²) in [5, 5.41) is 15.1. The molecule has 0 aromatic heterocycles. The van der Waals surface area contributed by atoms with Crippen LogP contribution in [0.25, 0.3) is 0 Å². The normalized spacial score (nSPS) is 11.0. The van der Waals surface area contributed by atoms with Crippen LogP contribution in [-0.4, -0.2) is 0 Å². The molecular weight excluding hydrogens is 411 g/mol. The average Bonchev–Trinajstić information content (AvgIpc) is 2.79. The highest BCUT2D eigenvalue weighted by Crippen LogP contribution is 2.56. The summed E-state index contributed by atoms with van der Waals surface area (Å²) < 4.78 is 0. The maximum Gasteiger partial charge on any atom is 0.395 e. The predicted octanol–water partition coefficient (Wildman–Crippen LogP) is 8.04. The third kappa shape index (κ3) is 5.81. The SMILES string of the molecule is Cc1ccc(N[P+](Nc2ccccc2)(Nc2ccc(C)cc2)Nc2ccc(C)cc2)cc1. The average molecular weight is 442 g/mol. The summed E-state index contributed by atoms with van der Waals surface area (Å²) in [6.07, 6.45) is 0. The molecule has 0 aliphatic heterocycles. The zero-order chi connectivity index (χ0) is 22.4. The van der Waals surface area contributed by atoms with Gasteiger partial charge in [0.1, 0.15) is 0 Å². The number of nitrogens with one attached hydrogen (secondary N) is 4. The minimum atomic E-state index is -2.43. The van der Waals surface area contributed by atoms with E-state index in [-0.39, 0.29) is 0 Å². The van der Waals surface area contributed by atoms with E-state index in [9.17, 15) is 0 Å². The van der Waals surface area contributed by atoms with Gasteiger partial charge in [-0.2, -0.15) is 0 Å². The van der Waals surface area contributed by atoms with Gasteiger partial charge in [0.15, 0.2) is 0 Å². The van der Waals surface area contributed by atoms with Gasteiger partial charge in [-0.1, -0.05) is 71.3 Å². The van der Waals surface area contributed by atoms with Gasteiger partial charge in [0.2, 0.25) is 0 Å². The fourth-order valence-electron chi connectivity index (χ4n) is 3.34. The molecule has 4 N–H and O–H groups in total. The molecule has 0 aliphatic carbocycles. The largest absolute Gasteiger partial charge is 0.395 e. The smallest absolute Gasteiger partial charge is 0.202 e. The summed E-state index contributed by atoms with van der Waals surface area (Å²) in [5.41, 5.74) is 7.82. The second kappa shape index (κ2) is 9.76. The second-order valence-corrected chi connectivity index (χ2v) is 10.3. The van der Waals surface area contributed by atoms with Gasteiger partial charge >= 0.3 is 7.87 Å². The molecule has 0 spiro atoms. The molecule has 0 saturated carbocycles. The van der Waals surface area contributed by atoms with Gasteiger partial charge in [-0.15, -0.1) is 0 Å². The van der Waals surface area contributed by atoms with Crippen molar-refractivity contribution >= 4 is 30.6 Å². The number of rotatable bonds is 8. The predicted molar refractivity (Wildman–Crippen MR) is 141 cm³/mol. The molecule has 4 rings (SSSR count). The van der Waals surface area contributed by atoms with E-state index in [0.29, 0.717) is 0 Å². The van der Waals surface area contributed by atoms with Crippen molar-refractivity contribution in [2.24, 2.45) is 0 Å². The molecule has 32 heavy (non-hydrogen) atoms. The quantitative estimate of drug-likeness (QED) is 0.209. The molecule has 4 aromatic carbocycles. The molecule has 0 saturated heterocycles. The van der Waals surface area contributed by atoms with E-state index < -0.39 is 7.87 Å². The molecule has 0 bridgehead atoms. The summed E-state index contributed by atoms with van der Waals surface area (Å²) in [6.45, 7) is 6.30. The van der Waals surface area contributed by atoms with E-state index in [4.69, 9.17) is 0 Å². The molecule has 0 unspecified atom stereocenters. The van der Waals surface area contributed by atoms with Crippen LogP contribution in [0, 0.1) is 20.8 Å². The van der Waals surface area contributed by atoms with Crippen molar-refractivity contribution in [2.75, 3.05) is 20.3 Å². The topological polar surface area (TPSA) is 48.1 Å². The van der Waals surface area contributed by atoms with Crippen LogP contribution in [0.15, 0.2) is 103 Å². The number of aryl methyl sites for hydroxylation is 3. The van der Waals surface area contributed by atoms with Crippen LogP contribution in [0.2, 0.25) is 0 Å². The first kappa shape index (κ1) is 21.7. The van der Waals surface area contributed by atoms with Gasteiger partial charge in [-0.05, 0) is 69.3 Å². The van der Waals surface area contributed by atoms with Crippen molar-refractivity contribution in [1.82, 2.24) is 0 Å². The Balaban J connectivity index is 1.76. The van der Waals surface area contributed by atoms with Gasteiger partial charge in [-0.3, -0.25) is 0 Å². The molecule has 4 aromatic rings. The lowest BCUT2D eigenvalue weighted by atomic mass is 10.2. The van der Waals surface area contributed by atoms with Crippen molar-refractivity contribution in [1.29, 1.82) is 0 Å². The Morgan fingerprint density at radius 2 is 0.656 bits per heavy atom. The fraction of sp³-hybridized carbons (Fsp3) is 0.111. The maximum atomic E-state index is 3.77. The first-order valence-electron chi connectivity index (χ1n) is 10.8. The van der Waals surface area contributed by atoms with E-state index in [1.165, 1.54) is 16.7 Å². The Bertz CT molecular complexity index is 1010. The van der Waals surface area contributed by atoms with Gasteiger partial charge in [-0.25, -0.2) is 20.3 Å². The van der Waals surface area contributed by atoms with E-state index in [2.05, 4.69) is 126 Å². The third-order valence-electron chi connectivity index (χ3n) is 5.12. The Morgan fingerprint density at radius 1 is 0.375 bits per heavy atom. The number of hydrogen-bond donors (Lipinski definition) is 4. The molecule has 0 heterocycles. The van der Waals surface area contributed by atoms with Crippen LogP contribution in [0.3, 0.4) is 0 Å². The zero-order valence-corrected chi connectivity index (χ0v) is 19.7. The summed E-state index contributed by atoms with van der Waals surface area (Å²) in [4.78, 5) is 0. The van der Waals surface area contributed by atoms with Crippen molar-refractivity contribution in [3.63, 3.8) is 0 Å². The molecular formula is C27H30N4P+. The Hall–Kier alpha value is -3.49. The van der Waals surface area contributed by atoms with Gasteiger partial charge < -0.3 is 0 Å². The highest BCUT2D eigenvalue weighted by atomic mass is 31.2. The van der Waals surface area contributed by atoms with Gasteiger partial charge in [0, 0.05) is 0 Å². The summed E-state index contributed by atoms with van der Waals surface area (Å²) in [6, 6.07) is 35.7. The Morgan fingerprint density at radius 3 is 0.969 bits per heavy atom. The molecule has 0 fully saturated rings. The van der Waals surface area contributed by atoms with E-state index >= 15 is 0 Å². The zero-order valence-electron chi connectivity index (χ0n) is 18.8. The lowest BCUT2D eigenvalue weighted by Crippen LogP contribution is -2.27. The van der Waals surface area contributed by atoms with E-state index in [1.807, 2.05) is 18.2 Å². The second-order valence-electron chi connectivity index (χ2n) is 8.08. The highest BCUT2D eigenvalue weighted by molar-refractivity contribution is 7.81. The molecule has 5 heteroatoms. The molecule has 0 aliphatic rings. The summed E-state index contributed by atoms with van der Waals surface area (Å²) >= 11 is 0. The Labute approximate surface area is 191 Å². The van der Waals surface area contributed by atoms with Crippen molar-refractivity contribution < 1.29 is 0 Å². The number of benzene rings is 4. The minimum absolute atomic E-state index is 1.03. The number of para-hydroxylation sites is 1. The molecule has 0 amide bonds. The lowest BCUT2D eigenvalue weighted by molar-refractivity contribution is 1.45. The van der Waals surface area contributed by atoms with Crippen molar-refractivity contribution in [2.45, 2.75) is 20.8 Å². The van der Waals surface area contributed by atoms with E-state index in [1.54, 1.807) is 0 Å². The van der Waals surface area contributed by atoms with Crippen LogP contribution in [0.4, 0.5) is 22.7 Å². The highest BCUT2D eigenvalue weighted by Gasteiger charge is 2.41. The molecule has 0 radical (unpaired) electrons. The van der Waals surface area contributed by atoms with Crippen LogP contribution in [0.1, 0.15) is 16.7 Å². The van der Waals surface area contributed by atoms with Crippen molar-refractivity contribution in [3.05, 3.63) is 120 Å². The molecule has 0 atom stereocenters. The minimum Gasteiger partial charge on any atom is -0.202 e. The molecule has 4 nitrogen and oxygen atoms in total. The molecule has 162 valence electrons. The first-order chi connectivity index (χ1) is 15.5. The number of anilines is 4. The van der Waals surface area contributed by atoms with Crippen LogP contribution in [-0.2, 0) is 0 Å². The monoisotopic (exact) mass is 441 g/mol. The van der Waals surface area contributed by atoms with Crippen LogP contribution < -0.4 is 20.3 Å². The third-order valence-corrected chi connectivity index (χ3v) is 7.49. The van der Waals surface area contributed by atoms with Crippen LogP contribution in [0.5, 0.6) is 0 Å². The van der Waals surface area contributed by atoms with E-state index in [0.717, 1.165) is 22.7 Å². The number of hydrogen-bond acceptors (Lipinski definition) is 4. The first-order valence-corrected chi connectivity index (χ1v) is 12.6. The van der Waals surface area contributed by atoms with Gasteiger partial charge in [0.05, 0.1) is 22.7 Å². The Kier molecular flexibility index (Phi) is 6.63. The standard InChI is InChI=1S/C27H30N4P/c1-21-9-15-25(16-10-21)29-32(28-24-7-5-4-6-8-24,30-26-17-11-22(2)12-18-26)31-27-19-13-23(3)14-20-27/h4-20,28-31H,1-3H3/q+1. The van der Waals surface area contributed by atoms with Gasteiger partial charge in [0.25, 0.3) is 0 Å². The summed E-state index contributed by atoms with van der Waals surface area (Å²) in [7, 11) is -2.43. The van der Waals surface area contributed by atoms with Crippen LogP contribution >= 0.6 is 7.87 Å². The maximum absolute atomic E-state index is 3.77. The summed E-state index contributed by atoms with van der Waals surface area (Å²) in [5.74, 6) is 0.